The van der Waals surface area contributed by atoms with Crippen molar-refractivity contribution in [1.29, 1.82) is 0 Å². The van der Waals surface area contributed by atoms with E-state index in [1.54, 1.807) is 0 Å². The van der Waals surface area contributed by atoms with Gasteiger partial charge in [0.25, 0.3) is 0 Å². The molecular formula is C15H16FN. The van der Waals surface area contributed by atoms with Gasteiger partial charge < -0.3 is 0 Å². The van der Waals surface area contributed by atoms with E-state index in [4.69, 9.17) is 0 Å². The van der Waals surface area contributed by atoms with Gasteiger partial charge in [-0.1, -0.05) is 6.07 Å². The average Bonchev–Trinajstić information content (AvgIpc) is 2.29. The first-order valence-corrected chi connectivity index (χ1v) is 5.69. The second-order valence-electron chi connectivity index (χ2n) is 4.49. The van der Waals surface area contributed by atoms with Gasteiger partial charge in [-0.3, -0.25) is 4.98 Å². The van der Waals surface area contributed by atoms with Crippen LogP contribution in [0.4, 0.5) is 4.39 Å². The Labute approximate surface area is 101 Å². The van der Waals surface area contributed by atoms with Crippen molar-refractivity contribution in [3.63, 3.8) is 0 Å². The molecule has 0 saturated carbocycles. The molecule has 0 aliphatic rings. The second kappa shape index (κ2) is 4.28. The fourth-order valence-electron chi connectivity index (χ4n) is 2.18. The molecule has 2 aromatic rings. The van der Waals surface area contributed by atoms with Crippen LogP contribution in [-0.4, -0.2) is 4.98 Å². The summed E-state index contributed by atoms with van der Waals surface area (Å²) in [5.41, 5.74) is 6.24. The maximum atomic E-state index is 13.5. The highest BCUT2D eigenvalue weighted by Gasteiger charge is 2.11. The molecule has 0 aliphatic carbocycles. The van der Waals surface area contributed by atoms with Crippen LogP contribution in [0.25, 0.3) is 11.1 Å². The van der Waals surface area contributed by atoms with Crippen LogP contribution < -0.4 is 0 Å². The summed E-state index contributed by atoms with van der Waals surface area (Å²) in [6.45, 7) is 7.86. The summed E-state index contributed by atoms with van der Waals surface area (Å²) >= 11 is 0. The number of rotatable bonds is 1. The lowest BCUT2D eigenvalue weighted by Gasteiger charge is -2.14. The van der Waals surface area contributed by atoms with Crippen LogP contribution >= 0.6 is 0 Å². The minimum atomic E-state index is -0.143. The Morgan fingerprint density at radius 2 is 1.47 bits per heavy atom. The average molecular weight is 229 g/mol. The Hall–Kier alpha value is -1.70. The molecule has 0 radical (unpaired) electrons. The molecule has 0 atom stereocenters. The molecule has 2 heteroatoms. The summed E-state index contributed by atoms with van der Waals surface area (Å²) in [5.74, 6) is -0.143. The van der Waals surface area contributed by atoms with Crippen LogP contribution in [0, 0.1) is 33.5 Å². The van der Waals surface area contributed by atoms with E-state index in [1.807, 2.05) is 46.2 Å². The molecular weight excluding hydrogens is 213 g/mol. The van der Waals surface area contributed by atoms with Gasteiger partial charge in [0.1, 0.15) is 5.82 Å². The molecule has 17 heavy (non-hydrogen) atoms. The molecule has 1 nitrogen and oxygen atoms in total. The zero-order chi connectivity index (χ0) is 12.6. The number of aryl methyl sites for hydroxylation is 2. The van der Waals surface area contributed by atoms with Crippen molar-refractivity contribution < 1.29 is 4.39 Å². The van der Waals surface area contributed by atoms with Gasteiger partial charge in [0, 0.05) is 12.4 Å². The highest BCUT2D eigenvalue weighted by Crippen LogP contribution is 2.31. The lowest BCUT2D eigenvalue weighted by Crippen LogP contribution is -1.96. The van der Waals surface area contributed by atoms with Crippen molar-refractivity contribution in [1.82, 2.24) is 4.98 Å². The van der Waals surface area contributed by atoms with Crippen molar-refractivity contribution in [3.8, 4) is 11.1 Å². The predicted molar refractivity (Wildman–Crippen MR) is 68.6 cm³/mol. The summed E-state index contributed by atoms with van der Waals surface area (Å²) in [5, 5.41) is 0. The fraction of sp³-hybridized carbons (Fsp3) is 0.267. The second-order valence-corrected chi connectivity index (χ2v) is 4.49. The number of hydrogen-bond donors (Lipinski definition) is 0. The van der Waals surface area contributed by atoms with Gasteiger partial charge in [-0.05, 0) is 67.1 Å². The van der Waals surface area contributed by atoms with Crippen molar-refractivity contribution in [3.05, 3.63) is 52.6 Å². The Morgan fingerprint density at radius 3 is 2.06 bits per heavy atom. The van der Waals surface area contributed by atoms with E-state index in [-0.39, 0.29) is 5.82 Å². The number of halogens is 1. The first kappa shape index (κ1) is 11.8. The lowest BCUT2D eigenvalue weighted by atomic mass is 9.92. The molecule has 0 N–H and O–H groups in total. The fourth-order valence-corrected chi connectivity index (χ4v) is 2.18. The first-order chi connectivity index (χ1) is 8.02. The third kappa shape index (κ3) is 1.95. The van der Waals surface area contributed by atoms with E-state index in [1.165, 1.54) is 11.6 Å². The summed E-state index contributed by atoms with van der Waals surface area (Å²) in [7, 11) is 0. The molecule has 2 rings (SSSR count). The third-order valence-corrected chi connectivity index (χ3v) is 3.32. The van der Waals surface area contributed by atoms with Gasteiger partial charge in [0.15, 0.2) is 0 Å². The van der Waals surface area contributed by atoms with Gasteiger partial charge in [-0.25, -0.2) is 4.39 Å². The summed E-state index contributed by atoms with van der Waals surface area (Å²) < 4.78 is 13.5. The number of benzene rings is 1. The van der Waals surface area contributed by atoms with E-state index in [0.717, 1.165) is 27.8 Å². The van der Waals surface area contributed by atoms with Crippen molar-refractivity contribution in [2.75, 3.05) is 0 Å². The summed E-state index contributed by atoms with van der Waals surface area (Å²) in [6.07, 6.45) is 3.70. The molecule has 0 amide bonds. The molecule has 1 heterocycles. The maximum absolute atomic E-state index is 13.5. The van der Waals surface area contributed by atoms with Crippen LogP contribution in [0.15, 0.2) is 24.5 Å². The van der Waals surface area contributed by atoms with Crippen LogP contribution in [0.5, 0.6) is 0 Å². The van der Waals surface area contributed by atoms with E-state index < -0.39 is 0 Å². The normalized spacial score (nSPS) is 10.6. The van der Waals surface area contributed by atoms with Gasteiger partial charge in [0.2, 0.25) is 0 Å². The quantitative estimate of drug-likeness (QED) is 0.716. The number of aromatic nitrogens is 1. The standard InChI is InChI=1S/C15H16FN/c1-9-7-17-8-10(2)15(9)13-5-6-14(16)12(4)11(13)3/h5-8H,1-4H3. The number of hydrogen-bond acceptors (Lipinski definition) is 1. The van der Waals surface area contributed by atoms with E-state index in [2.05, 4.69) is 4.98 Å². The highest BCUT2D eigenvalue weighted by molar-refractivity contribution is 5.73. The molecule has 0 aliphatic heterocycles. The highest BCUT2D eigenvalue weighted by atomic mass is 19.1. The topological polar surface area (TPSA) is 12.9 Å². The van der Waals surface area contributed by atoms with Gasteiger partial charge in [0.05, 0.1) is 0 Å². The molecule has 0 spiro atoms. The Bertz CT molecular complexity index is 553. The number of pyridine rings is 1. The largest absolute Gasteiger partial charge is 0.264 e. The molecule has 0 unspecified atom stereocenters. The number of nitrogens with zero attached hydrogens (tertiary/aromatic N) is 1. The van der Waals surface area contributed by atoms with Crippen LogP contribution in [0.1, 0.15) is 22.3 Å². The van der Waals surface area contributed by atoms with Crippen LogP contribution in [-0.2, 0) is 0 Å². The minimum absolute atomic E-state index is 0.143. The van der Waals surface area contributed by atoms with E-state index >= 15 is 0 Å². The molecule has 0 bridgehead atoms. The third-order valence-electron chi connectivity index (χ3n) is 3.32. The van der Waals surface area contributed by atoms with Crippen LogP contribution in [0.2, 0.25) is 0 Å². The monoisotopic (exact) mass is 229 g/mol. The van der Waals surface area contributed by atoms with Crippen molar-refractivity contribution in [2.45, 2.75) is 27.7 Å². The predicted octanol–water partition coefficient (Wildman–Crippen LogP) is 4.12. The van der Waals surface area contributed by atoms with Gasteiger partial charge in [-0.15, -0.1) is 0 Å². The smallest absolute Gasteiger partial charge is 0.126 e. The Balaban J connectivity index is 2.74. The Kier molecular flexibility index (Phi) is 2.97. The summed E-state index contributed by atoms with van der Waals surface area (Å²) in [4.78, 5) is 4.17. The molecule has 0 saturated heterocycles. The van der Waals surface area contributed by atoms with Crippen molar-refractivity contribution in [2.24, 2.45) is 0 Å². The molecule has 0 fully saturated rings. The van der Waals surface area contributed by atoms with Crippen LogP contribution in [0.3, 0.4) is 0 Å². The maximum Gasteiger partial charge on any atom is 0.126 e. The molecule has 1 aromatic carbocycles. The van der Waals surface area contributed by atoms with E-state index in [9.17, 15) is 4.39 Å². The molecule has 1 aromatic heterocycles. The minimum Gasteiger partial charge on any atom is -0.264 e. The lowest BCUT2D eigenvalue weighted by molar-refractivity contribution is 0.617. The zero-order valence-electron chi connectivity index (χ0n) is 10.6. The van der Waals surface area contributed by atoms with Gasteiger partial charge in [-0.2, -0.15) is 0 Å². The zero-order valence-corrected chi connectivity index (χ0v) is 10.6. The SMILES string of the molecule is Cc1cncc(C)c1-c1ccc(F)c(C)c1C. The Morgan fingerprint density at radius 1 is 0.882 bits per heavy atom. The van der Waals surface area contributed by atoms with Gasteiger partial charge >= 0.3 is 0 Å². The molecule has 88 valence electrons. The summed E-state index contributed by atoms with van der Waals surface area (Å²) in [6, 6.07) is 3.39. The van der Waals surface area contributed by atoms with Crippen molar-refractivity contribution >= 4 is 0 Å². The van der Waals surface area contributed by atoms with E-state index in [0.29, 0.717) is 0 Å². The first-order valence-electron chi connectivity index (χ1n) is 5.69.